The van der Waals surface area contributed by atoms with E-state index in [0.717, 1.165) is 0 Å². The zero-order valence-electron chi connectivity index (χ0n) is 10.8. The van der Waals surface area contributed by atoms with Crippen molar-refractivity contribution in [3.05, 3.63) is 27.7 Å². The lowest BCUT2D eigenvalue weighted by atomic mass is 10.1. The largest absolute Gasteiger partial charge is 0.492 e. The fraction of sp³-hybridized carbons (Fsp3) is 0.429. The lowest BCUT2D eigenvalue weighted by Gasteiger charge is -2.08. The Hall–Kier alpha value is -0.880. The van der Waals surface area contributed by atoms with Crippen LogP contribution in [0.1, 0.15) is 26.3 Å². The van der Waals surface area contributed by atoms with Crippen molar-refractivity contribution >= 4 is 23.2 Å². The van der Waals surface area contributed by atoms with Gasteiger partial charge in [-0.25, -0.2) is 0 Å². The Bertz CT molecular complexity index is 475. The van der Waals surface area contributed by atoms with Crippen LogP contribution in [0, 0.1) is 17.8 Å². The SMILES string of the molecule is CCOc1cc(Cl)c(C#CC(N)C(C)C)cc1Cl. The molecule has 0 bridgehead atoms. The van der Waals surface area contributed by atoms with Gasteiger partial charge in [0.05, 0.1) is 22.7 Å². The Morgan fingerprint density at radius 1 is 1.28 bits per heavy atom. The van der Waals surface area contributed by atoms with Gasteiger partial charge in [-0.05, 0) is 18.9 Å². The van der Waals surface area contributed by atoms with Gasteiger partial charge in [0.1, 0.15) is 5.75 Å². The van der Waals surface area contributed by atoms with Crippen LogP contribution in [0.15, 0.2) is 12.1 Å². The summed E-state index contributed by atoms with van der Waals surface area (Å²) in [6.07, 6.45) is 0. The van der Waals surface area contributed by atoms with Crippen LogP contribution < -0.4 is 10.5 Å². The molecule has 0 aliphatic carbocycles. The zero-order chi connectivity index (χ0) is 13.7. The van der Waals surface area contributed by atoms with E-state index in [0.29, 0.717) is 33.9 Å². The molecule has 0 saturated heterocycles. The van der Waals surface area contributed by atoms with Gasteiger partial charge in [-0.2, -0.15) is 0 Å². The maximum absolute atomic E-state index is 6.12. The van der Waals surface area contributed by atoms with Gasteiger partial charge in [0.15, 0.2) is 0 Å². The number of benzene rings is 1. The molecule has 0 aromatic heterocycles. The minimum Gasteiger partial charge on any atom is -0.492 e. The smallest absolute Gasteiger partial charge is 0.139 e. The summed E-state index contributed by atoms with van der Waals surface area (Å²) in [5.41, 5.74) is 6.52. The molecule has 0 aliphatic rings. The van der Waals surface area contributed by atoms with Gasteiger partial charge in [-0.1, -0.05) is 48.9 Å². The van der Waals surface area contributed by atoms with Gasteiger partial charge in [0.2, 0.25) is 0 Å². The average molecular weight is 286 g/mol. The van der Waals surface area contributed by atoms with E-state index in [4.69, 9.17) is 33.7 Å². The molecule has 1 atom stereocenters. The van der Waals surface area contributed by atoms with E-state index in [2.05, 4.69) is 11.8 Å². The van der Waals surface area contributed by atoms with Crippen LogP contribution in [0.2, 0.25) is 10.0 Å². The Labute approximate surface area is 118 Å². The molecule has 1 unspecified atom stereocenters. The quantitative estimate of drug-likeness (QED) is 0.859. The van der Waals surface area contributed by atoms with Crippen molar-refractivity contribution in [2.24, 2.45) is 11.7 Å². The van der Waals surface area contributed by atoms with Gasteiger partial charge in [-0.3, -0.25) is 0 Å². The molecule has 2 nitrogen and oxygen atoms in total. The van der Waals surface area contributed by atoms with Crippen LogP contribution in [0.4, 0.5) is 0 Å². The monoisotopic (exact) mass is 285 g/mol. The maximum atomic E-state index is 6.12. The van der Waals surface area contributed by atoms with Crippen molar-refractivity contribution in [2.45, 2.75) is 26.8 Å². The van der Waals surface area contributed by atoms with Gasteiger partial charge < -0.3 is 10.5 Å². The summed E-state index contributed by atoms with van der Waals surface area (Å²) >= 11 is 12.2. The molecule has 0 radical (unpaired) electrons. The van der Waals surface area contributed by atoms with E-state index < -0.39 is 0 Å². The molecule has 0 saturated carbocycles. The second-order valence-corrected chi connectivity index (χ2v) is 5.05. The van der Waals surface area contributed by atoms with Crippen LogP contribution in [0.5, 0.6) is 5.75 Å². The third-order valence-corrected chi connectivity index (χ3v) is 3.02. The first kappa shape index (κ1) is 15.2. The van der Waals surface area contributed by atoms with Crippen molar-refractivity contribution in [3.8, 4) is 17.6 Å². The van der Waals surface area contributed by atoms with Crippen molar-refractivity contribution in [1.29, 1.82) is 0 Å². The summed E-state index contributed by atoms with van der Waals surface area (Å²) in [7, 11) is 0. The van der Waals surface area contributed by atoms with Crippen LogP contribution in [0.25, 0.3) is 0 Å². The van der Waals surface area contributed by atoms with Gasteiger partial charge in [0, 0.05) is 11.6 Å². The van der Waals surface area contributed by atoms with E-state index in [-0.39, 0.29) is 6.04 Å². The molecule has 4 heteroatoms. The highest BCUT2D eigenvalue weighted by atomic mass is 35.5. The topological polar surface area (TPSA) is 35.2 Å². The maximum Gasteiger partial charge on any atom is 0.139 e. The molecular formula is C14H17Cl2NO. The number of hydrogen-bond donors (Lipinski definition) is 1. The third kappa shape index (κ3) is 4.10. The molecule has 1 aromatic carbocycles. The first-order chi connectivity index (χ1) is 8.45. The molecule has 1 aromatic rings. The molecule has 0 amide bonds. The molecule has 18 heavy (non-hydrogen) atoms. The number of rotatable bonds is 3. The fourth-order valence-electron chi connectivity index (χ4n) is 1.22. The normalized spacial score (nSPS) is 11.9. The molecule has 0 spiro atoms. The minimum atomic E-state index is -0.175. The second kappa shape index (κ2) is 6.89. The zero-order valence-corrected chi connectivity index (χ0v) is 12.3. The average Bonchev–Trinajstić information content (AvgIpc) is 2.31. The molecule has 0 fully saturated rings. The second-order valence-electron chi connectivity index (χ2n) is 4.23. The molecule has 1 rings (SSSR count). The summed E-state index contributed by atoms with van der Waals surface area (Å²) in [5, 5.41) is 1.02. The van der Waals surface area contributed by atoms with E-state index in [9.17, 15) is 0 Å². The van der Waals surface area contributed by atoms with Crippen LogP contribution in [0.3, 0.4) is 0 Å². The minimum absolute atomic E-state index is 0.175. The molecular weight excluding hydrogens is 269 g/mol. The predicted molar refractivity (Wildman–Crippen MR) is 77.3 cm³/mol. The summed E-state index contributed by atoms with van der Waals surface area (Å²) in [6, 6.07) is 3.21. The van der Waals surface area contributed by atoms with Crippen molar-refractivity contribution in [1.82, 2.24) is 0 Å². The van der Waals surface area contributed by atoms with Crippen LogP contribution in [-0.2, 0) is 0 Å². The Kier molecular flexibility index (Phi) is 5.81. The summed E-state index contributed by atoms with van der Waals surface area (Å²) < 4.78 is 5.35. The Balaban J connectivity index is 3.01. The summed E-state index contributed by atoms with van der Waals surface area (Å²) in [4.78, 5) is 0. The van der Waals surface area contributed by atoms with Gasteiger partial charge >= 0.3 is 0 Å². The highest BCUT2D eigenvalue weighted by Gasteiger charge is 2.07. The van der Waals surface area contributed by atoms with E-state index in [1.807, 2.05) is 20.8 Å². The lowest BCUT2D eigenvalue weighted by molar-refractivity contribution is 0.340. The first-order valence-electron chi connectivity index (χ1n) is 5.84. The van der Waals surface area contributed by atoms with Crippen molar-refractivity contribution < 1.29 is 4.74 Å². The van der Waals surface area contributed by atoms with Crippen LogP contribution >= 0.6 is 23.2 Å². The highest BCUT2D eigenvalue weighted by molar-refractivity contribution is 6.35. The van der Waals surface area contributed by atoms with E-state index in [1.165, 1.54) is 0 Å². The molecule has 0 aliphatic heterocycles. The van der Waals surface area contributed by atoms with Crippen LogP contribution in [-0.4, -0.2) is 12.6 Å². The summed E-state index contributed by atoms with van der Waals surface area (Å²) in [6.45, 7) is 6.47. The number of halogens is 2. The predicted octanol–water partition coefficient (Wildman–Crippen LogP) is 3.73. The number of ether oxygens (including phenoxy) is 1. The summed E-state index contributed by atoms with van der Waals surface area (Å²) in [5.74, 6) is 6.79. The highest BCUT2D eigenvalue weighted by Crippen LogP contribution is 2.30. The number of hydrogen-bond acceptors (Lipinski definition) is 2. The Morgan fingerprint density at radius 3 is 2.50 bits per heavy atom. The first-order valence-corrected chi connectivity index (χ1v) is 6.60. The molecule has 0 heterocycles. The van der Waals surface area contributed by atoms with E-state index >= 15 is 0 Å². The number of nitrogens with two attached hydrogens (primary N) is 1. The lowest BCUT2D eigenvalue weighted by Crippen LogP contribution is -2.23. The van der Waals surface area contributed by atoms with Crippen molar-refractivity contribution in [2.75, 3.05) is 6.61 Å². The standard InChI is InChI=1S/C14H17Cl2NO/c1-4-18-14-8-11(15)10(7-12(14)16)5-6-13(17)9(2)3/h7-9,13H,4,17H2,1-3H3. The fourth-order valence-corrected chi connectivity index (χ4v) is 1.64. The molecule has 2 N–H and O–H groups in total. The Morgan fingerprint density at radius 2 is 1.94 bits per heavy atom. The van der Waals surface area contributed by atoms with Gasteiger partial charge in [-0.15, -0.1) is 0 Å². The van der Waals surface area contributed by atoms with E-state index in [1.54, 1.807) is 12.1 Å². The molecule has 98 valence electrons. The van der Waals surface area contributed by atoms with Crippen molar-refractivity contribution in [3.63, 3.8) is 0 Å². The third-order valence-electron chi connectivity index (χ3n) is 2.41. The van der Waals surface area contributed by atoms with Gasteiger partial charge in [0.25, 0.3) is 0 Å².